The minimum atomic E-state index is -0.545. The van der Waals surface area contributed by atoms with E-state index in [0.717, 1.165) is 33.3 Å². The quantitative estimate of drug-likeness (QED) is 0.461. The van der Waals surface area contributed by atoms with Gasteiger partial charge >= 0.3 is 6.03 Å². The van der Waals surface area contributed by atoms with Gasteiger partial charge in [0.15, 0.2) is 0 Å². The van der Waals surface area contributed by atoms with Crippen LogP contribution >= 0.6 is 11.8 Å². The number of thioether (sulfide) groups is 1. The number of amides is 3. The second-order valence-electron chi connectivity index (χ2n) is 10.0. The molecule has 9 nitrogen and oxygen atoms in total. The molecule has 3 aliphatic rings. The Kier molecular flexibility index (Phi) is 6.46. The summed E-state index contributed by atoms with van der Waals surface area (Å²) < 4.78 is 5.96. The average Bonchev–Trinajstić information content (AvgIpc) is 3.25. The summed E-state index contributed by atoms with van der Waals surface area (Å²) in [5.41, 5.74) is 3.17. The zero-order chi connectivity index (χ0) is 26.4. The van der Waals surface area contributed by atoms with Crippen LogP contribution in [0.1, 0.15) is 23.6 Å². The largest absolute Gasteiger partial charge is 0.457 e. The number of ether oxygens (including phenoxy) is 1. The first kappa shape index (κ1) is 24.7. The number of aromatic nitrogens is 1. The lowest BCUT2D eigenvalue weighted by atomic mass is 9.98. The van der Waals surface area contributed by atoms with Gasteiger partial charge in [0.2, 0.25) is 5.91 Å². The number of piperidine rings is 1. The Bertz CT molecular complexity index is 1380. The molecule has 3 aliphatic heterocycles. The van der Waals surface area contributed by atoms with E-state index in [1.165, 1.54) is 11.8 Å². The van der Waals surface area contributed by atoms with E-state index in [1.807, 2.05) is 73.5 Å². The molecule has 4 heterocycles. The number of benzene rings is 2. The van der Waals surface area contributed by atoms with Crippen LogP contribution in [0, 0.1) is 6.92 Å². The van der Waals surface area contributed by atoms with E-state index in [0.29, 0.717) is 25.3 Å². The molecule has 38 heavy (non-hydrogen) atoms. The SMILES string of the molecule is Cc1cc(Oc2ccccc2)ccc1N1C(=O)NC2c3c1ccnc3SC2C(=O)N[C@@H]1C[C@H](O)CN(C)C1. The van der Waals surface area contributed by atoms with E-state index in [-0.39, 0.29) is 18.0 Å². The van der Waals surface area contributed by atoms with Crippen molar-refractivity contribution < 1.29 is 19.4 Å². The topological polar surface area (TPSA) is 107 Å². The van der Waals surface area contributed by atoms with Gasteiger partial charge in [-0.15, -0.1) is 0 Å². The fraction of sp³-hybridized carbons (Fsp3) is 0.321. The number of pyridine rings is 1. The van der Waals surface area contributed by atoms with Crippen LogP contribution in [0.3, 0.4) is 0 Å². The minimum absolute atomic E-state index is 0.150. The van der Waals surface area contributed by atoms with E-state index in [4.69, 9.17) is 4.74 Å². The van der Waals surface area contributed by atoms with Gasteiger partial charge in [0, 0.05) is 30.9 Å². The van der Waals surface area contributed by atoms with Gasteiger partial charge in [-0.1, -0.05) is 30.0 Å². The van der Waals surface area contributed by atoms with Crippen molar-refractivity contribution in [2.75, 3.05) is 25.0 Å². The molecule has 0 aliphatic carbocycles. The molecule has 196 valence electrons. The molecule has 4 atom stereocenters. The van der Waals surface area contributed by atoms with Crippen molar-refractivity contribution in [1.82, 2.24) is 20.5 Å². The predicted molar refractivity (Wildman–Crippen MR) is 145 cm³/mol. The Morgan fingerprint density at radius 1 is 1.13 bits per heavy atom. The highest BCUT2D eigenvalue weighted by Crippen LogP contribution is 2.51. The van der Waals surface area contributed by atoms with Crippen molar-refractivity contribution in [2.24, 2.45) is 0 Å². The van der Waals surface area contributed by atoms with Crippen LogP contribution in [0.15, 0.2) is 65.8 Å². The van der Waals surface area contributed by atoms with Crippen LogP contribution in [0.4, 0.5) is 16.2 Å². The summed E-state index contributed by atoms with van der Waals surface area (Å²) in [6.07, 6.45) is 1.72. The molecule has 3 amide bonds. The number of hydrogen-bond acceptors (Lipinski definition) is 7. The van der Waals surface area contributed by atoms with Crippen molar-refractivity contribution >= 4 is 35.1 Å². The Hall–Kier alpha value is -3.60. The fourth-order valence-electron chi connectivity index (χ4n) is 5.51. The number of likely N-dealkylation sites (tertiary alicyclic amines) is 1. The summed E-state index contributed by atoms with van der Waals surface area (Å²) in [4.78, 5) is 35.0. The number of β-amino-alcohol motifs (C(OH)–C–C–N with tert-alkyl or cyclic N) is 1. The van der Waals surface area contributed by atoms with Crippen LogP contribution in [0.25, 0.3) is 0 Å². The van der Waals surface area contributed by atoms with Crippen LogP contribution in [-0.2, 0) is 4.79 Å². The lowest BCUT2D eigenvalue weighted by Gasteiger charge is -2.36. The fourth-order valence-corrected chi connectivity index (χ4v) is 6.74. The van der Waals surface area contributed by atoms with Gasteiger partial charge < -0.3 is 25.4 Å². The third-order valence-electron chi connectivity index (χ3n) is 7.11. The van der Waals surface area contributed by atoms with Crippen molar-refractivity contribution in [3.63, 3.8) is 0 Å². The number of carbonyl (C=O) groups excluding carboxylic acids is 2. The van der Waals surface area contributed by atoms with Gasteiger partial charge in [0.1, 0.15) is 21.8 Å². The third kappa shape index (κ3) is 4.59. The number of urea groups is 1. The average molecular weight is 532 g/mol. The predicted octanol–water partition coefficient (Wildman–Crippen LogP) is 3.74. The molecular formula is C28H29N5O4S. The first-order valence-corrected chi connectivity index (χ1v) is 13.5. The number of anilines is 2. The second-order valence-corrected chi connectivity index (χ2v) is 11.2. The number of nitrogens with one attached hydrogen (secondary N) is 2. The van der Waals surface area contributed by atoms with E-state index >= 15 is 0 Å². The first-order chi connectivity index (χ1) is 18.4. The Labute approximate surface area is 225 Å². The molecule has 6 rings (SSSR count). The van der Waals surface area contributed by atoms with Crippen LogP contribution in [-0.4, -0.2) is 64.5 Å². The van der Waals surface area contributed by atoms with Gasteiger partial charge in [-0.2, -0.15) is 0 Å². The number of rotatable bonds is 5. The number of hydrogen-bond donors (Lipinski definition) is 3. The number of aryl methyl sites for hydroxylation is 1. The molecule has 0 bridgehead atoms. The summed E-state index contributed by atoms with van der Waals surface area (Å²) in [7, 11) is 1.93. The number of nitrogens with zero attached hydrogens (tertiary/aromatic N) is 3. The molecule has 3 N–H and O–H groups in total. The number of likely N-dealkylation sites (N-methyl/N-ethyl adjacent to an activating group) is 1. The smallest absolute Gasteiger partial charge is 0.327 e. The number of aliphatic hydroxyl groups is 1. The Balaban J connectivity index is 1.25. The highest BCUT2D eigenvalue weighted by molar-refractivity contribution is 8.01. The molecule has 2 aromatic carbocycles. The van der Waals surface area contributed by atoms with Crippen molar-refractivity contribution in [1.29, 1.82) is 0 Å². The molecular weight excluding hydrogens is 502 g/mol. The summed E-state index contributed by atoms with van der Waals surface area (Å²) in [5, 5.41) is 16.5. The number of aliphatic hydroxyl groups excluding tert-OH is 1. The van der Waals surface area contributed by atoms with E-state index < -0.39 is 17.4 Å². The summed E-state index contributed by atoms with van der Waals surface area (Å²) in [6.45, 7) is 3.20. The summed E-state index contributed by atoms with van der Waals surface area (Å²) >= 11 is 1.37. The second kappa shape index (κ2) is 9.94. The van der Waals surface area contributed by atoms with Crippen LogP contribution in [0.2, 0.25) is 0 Å². The lowest BCUT2D eigenvalue weighted by Crippen LogP contribution is -2.54. The van der Waals surface area contributed by atoms with Gasteiger partial charge in [-0.25, -0.2) is 9.78 Å². The van der Waals surface area contributed by atoms with Gasteiger partial charge in [-0.05, 0) is 62.4 Å². The first-order valence-electron chi connectivity index (χ1n) is 12.6. The zero-order valence-electron chi connectivity index (χ0n) is 21.1. The zero-order valence-corrected chi connectivity index (χ0v) is 21.9. The highest BCUT2D eigenvalue weighted by Gasteiger charge is 2.47. The number of para-hydroxylation sites is 1. The molecule has 0 spiro atoms. The Morgan fingerprint density at radius 3 is 2.71 bits per heavy atom. The van der Waals surface area contributed by atoms with Crippen molar-refractivity contribution in [3.8, 4) is 11.5 Å². The normalized spacial score (nSPS) is 24.5. The van der Waals surface area contributed by atoms with E-state index in [2.05, 4.69) is 15.6 Å². The summed E-state index contributed by atoms with van der Waals surface area (Å²) in [5.74, 6) is 1.25. The Morgan fingerprint density at radius 2 is 1.95 bits per heavy atom. The maximum atomic E-state index is 13.5. The maximum Gasteiger partial charge on any atom is 0.327 e. The molecule has 1 saturated heterocycles. The maximum absolute atomic E-state index is 13.5. The highest BCUT2D eigenvalue weighted by atomic mass is 32.2. The van der Waals surface area contributed by atoms with Crippen LogP contribution in [0.5, 0.6) is 11.5 Å². The molecule has 1 aromatic heterocycles. The molecule has 0 saturated carbocycles. The van der Waals surface area contributed by atoms with Crippen molar-refractivity contribution in [3.05, 3.63) is 71.9 Å². The molecule has 1 fully saturated rings. The van der Waals surface area contributed by atoms with Gasteiger partial charge in [0.25, 0.3) is 0 Å². The minimum Gasteiger partial charge on any atom is -0.457 e. The van der Waals surface area contributed by atoms with E-state index in [1.54, 1.807) is 11.1 Å². The molecule has 3 aromatic rings. The monoisotopic (exact) mass is 531 g/mol. The number of carbonyl (C=O) groups is 2. The summed E-state index contributed by atoms with van der Waals surface area (Å²) in [6, 6.07) is 16.0. The van der Waals surface area contributed by atoms with Gasteiger partial charge in [0.05, 0.1) is 23.5 Å². The molecule has 0 radical (unpaired) electrons. The molecule has 10 heteroatoms. The molecule has 2 unspecified atom stereocenters. The van der Waals surface area contributed by atoms with Crippen LogP contribution < -0.4 is 20.3 Å². The van der Waals surface area contributed by atoms with Gasteiger partial charge in [-0.3, -0.25) is 9.69 Å². The van der Waals surface area contributed by atoms with E-state index in [9.17, 15) is 14.7 Å². The standard InChI is InChI=1S/C28H29N5O4S/c1-16-12-20(37-19-6-4-3-5-7-19)8-9-21(16)33-22-10-11-29-27-23(22)24(31-28(33)36)25(38-27)26(35)30-17-13-18(34)15-32(2)14-17/h3-12,17-18,24-25,34H,13-15H2,1-2H3,(H,30,35)(H,31,36)/t17-,18+,24?,25?/m1/s1. The van der Waals surface area contributed by atoms with Crippen molar-refractivity contribution in [2.45, 2.75) is 41.8 Å². The lowest BCUT2D eigenvalue weighted by molar-refractivity contribution is -0.122. The third-order valence-corrected chi connectivity index (χ3v) is 8.40.